The Hall–Kier alpha value is -3.70. The summed E-state index contributed by atoms with van der Waals surface area (Å²) in [6.45, 7) is 3.32. The molecule has 1 aliphatic rings. The van der Waals surface area contributed by atoms with Gasteiger partial charge < -0.3 is 19.7 Å². The molecular formula is C21H20N6O2. The number of aromatic nitrogens is 3. The molecule has 0 atom stereocenters. The van der Waals surface area contributed by atoms with Crippen molar-refractivity contribution in [1.29, 1.82) is 5.26 Å². The van der Waals surface area contributed by atoms with Gasteiger partial charge in [0.05, 0.1) is 26.0 Å². The molecule has 1 N–H and O–H groups in total. The molecule has 1 aliphatic heterocycles. The molecule has 0 radical (unpaired) electrons. The molecule has 1 aromatic carbocycles. The highest BCUT2D eigenvalue weighted by Crippen LogP contribution is 2.24. The zero-order valence-electron chi connectivity index (χ0n) is 16.0. The van der Waals surface area contributed by atoms with Crippen LogP contribution in [0, 0.1) is 11.3 Å². The topological polar surface area (TPSA) is 96.2 Å². The van der Waals surface area contributed by atoms with Crippen molar-refractivity contribution in [1.82, 2.24) is 15.0 Å². The second-order valence-corrected chi connectivity index (χ2v) is 6.43. The van der Waals surface area contributed by atoms with Gasteiger partial charge in [0.25, 0.3) is 0 Å². The lowest BCUT2D eigenvalue weighted by atomic mass is 10.1. The highest BCUT2D eigenvalue weighted by Gasteiger charge is 2.12. The van der Waals surface area contributed by atoms with E-state index in [0.29, 0.717) is 23.1 Å². The predicted octanol–water partition coefficient (Wildman–Crippen LogP) is 3.00. The molecule has 8 nitrogen and oxygen atoms in total. The van der Waals surface area contributed by atoms with Crippen molar-refractivity contribution in [3.63, 3.8) is 0 Å². The maximum Gasteiger partial charge on any atom is 0.231 e. The van der Waals surface area contributed by atoms with Crippen LogP contribution in [0.2, 0.25) is 0 Å². The van der Waals surface area contributed by atoms with Gasteiger partial charge in [0.15, 0.2) is 0 Å². The second kappa shape index (κ2) is 8.54. The number of benzene rings is 1. The predicted molar refractivity (Wildman–Crippen MR) is 109 cm³/mol. The van der Waals surface area contributed by atoms with E-state index in [9.17, 15) is 5.26 Å². The van der Waals surface area contributed by atoms with Crippen LogP contribution in [0.25, 0.3) is 11.3 Å². The van der Waals surface area contributed by atoms with E-state index in [1.807, 2.05) is 12.1 Å². The lowest BCUT2D eigenvalue weighted by molar-refractivity contribution is 0.122. The Morgan fingerprint density at radius 2 is 1.93 bits per heavy atom. The molecule has 0 bridgehead atoms. The number of anilines is 3. The van der Waals surface area contributed by atoms with Gasteiger partial charge in [0, 0.05) is 42.4 Å². The van der Waals surface area contributed by atoms with E-state index >= 15 is 0 Å². The molecule has 0 amide bonds. The van der Waals surface area contributed by atoms with Crippen molar-refractivity contribution in [3.05, 3.63) is 54.4 Å². The summed E-state index contributed by atoms with van der Waals surface area (Å²) in [7, 11) is 1.49. The van der Waals surface area contributed by atoms with Crippen molar-refractivity contribution in [2.45, 2.75) is 0 Å². The quantitative estimate of drug-likeness (QED) is 0.713. The maximum atomic E-state index is 9.26. The Bertz CT molecular complexity index is 1030. The van der Waals surface area contributed by atoms with Gasteiger partial charge in [-0.3, -0.25) is 0 Å². The fourth-order valence-electron chi connectivity index (χ4n) is 3.12. The van der Waals surface area contributed by atoms with Crippen molar-refractivity contribution in [2.24, 2.45) is 0 Å². The molecule has 1 fully saturated rings. The van der Waals surface area contributed by atoms with E-state index in [2.05, 4.69) is 43.4 Å². The Labute approximate surface area is 168 Å². The summed E-state index contributed by atoms with van der Waals surface area (Å²) in [6.07, 6.45) is 3.30. The standard InChI is InChI=1S/C21H20N6O2/c1-28-20-15(13-22)12-16(14-24-20)19-6-7-23-21(26-19)25-17-2-4-18(5-3-17)27-8-10-29-11-9-27/h2-7,12,14H,8-11H2,1H3,(H,23,25,26). The van der Waals surface area contributed by atoms with Crippen LogP contribution in [0.4, 0.5) is 17.3 Å². The molecule has 4 rings (SSSR count). The van der Waals surface area contributed by atoms with Gasteiger partial charge in [-0.1, -0.05) is 0 Å². The number of morpholine rings is 1. The van der Waals surface area contributed by atoms with Crippen molar-refractivity contribution in [2.75, 3.05) is 43.6 Å². The lowest BCUT2D eigenvalue weighted by Gasteiger charge is -2.28. The SMILES string of the molecule is COc1ncc(-c2ccnc(Nc3ccc(N4CCOCC4)cc3)n2)cc1C#N. The Morgan fingerprint density at radius 1 is 1.14 bits per heavy atom. The van der Waals surface area contributed by atoms with E-state index in [1.165, 1.54) is 12.8 Å². The average molecular weight is 388 g/mol. The van der Waals surface area contributed by atoms with E-state index in [1.54, 1.807) is 24.5 Å². The number of rotatable bonds is 5. The largest absolute Gasteiger partial charge is 0.480 e. The summed E-state index contributed by atoms with van der Waals surface area (Å²) in [6, 6.07) is 13.7. The van der Waals surface area contributed by atoms with Crippen LogP contribution in [0.3, 0.4) is 0 Å². The van der Waals surface area contributed by atoms with E-state index in [-0.39, 0.29) is 0 Å². The highest BCUT2D eigenvalue weighted by molar-refractivity contribution is 5.64. The highest BCUT2D eigenvalue weighted by atomic mass is 16.5. The van der Waals surface area contributed by atoms with Gasteiger partial charge in [-0.15, -0.1) is 0 Å². The summed E-state index contributed by atoms with van der Waals surface area (Å²) in [5.74, 6) is 0.764. The molecular weight excluding hydrogens is 368 g/mol. The van der Waals surface area contributed by atoms with Crippen LogP contribution in [0.15, 0.2) is 48.8 Å². The summed E-state index contributed by atoms with van der Waals surface area (Å²) in [4.78, 5) is 15.3. The Kier molecular flexibility index (Phi) is 5.49. The number of nitriles is 1. The van der Waals surface area contributed by atoms with Crippen molar-refractivity contribution in [3.8, 4) is 23.2 Å². The third kappa shape index (κ3) is 4.25. The molecule has 1 saturated heterocycles. The zero-order valence-corrected chi connectivity index (χ0v) is 16.0. The number of hydrogen-bond acceptors (Lipinski definition) is 8. The minimum Gasteiger partial charge on any atom is -0.480 e. The van der Waals surface area contributed by atoms with Crippen LogP contribution in [0.5, 0.6) is 5.88 Å². The Balaban J connectivity index is 1.51. The number of hydrogen-bond donors (Lipinski definition) is 1. The third-order valence-electron chi connectivity index (χ3n) is 4.62. The van der Waals surface area contributed by atoms with Crippen LogP contribution >= 0.6 is 0 Å². The molecule has 0 saturated carbocycles. The fourth-order valence-corrected chi connectivity index (χ4v) is 3.12. The van der Waals surface area contributed by atoms with E-state index < -0.39 is 0 Å². The minimum atomic E-state index is 0.295. The summed E-state index contributed by atoms with van der Waals surface area (Å²) < 4.78 is 10.5. The van der Waals surface area contributed by atoms with E-state index in [0.717, 1.165) is 37.6 Å². The van der Waals surface area contributed by atoms with Gasteiger partial charge in [0.2, 0.25) is 11.8 Å². The number of methoxy groups -OCH3 is 1. The number of nitrogens with zero attached hydrogens (tertiary/aromatic N) is 5. The van der Waals surface area contributed by atoms with Crippen LogP contribution in [0.1, 0.15) is 5.56 Å². The van der Waals surface area contributed by atoms with Gasteiger partial charge in [-0.25, -0.2) is 15.0 Å². The fraction of sp³-hybridized carbons (Fsp3) is 0.238. The smallest absolute Gasteiger partial charge is 0.231 e. The van der Waals surface area contributed by atoms with Gasteiger partial charge in [-0.05, 0) is 36.4 Å². The van der Waals surface area contributed by atoms with Crippen LogP contribution in [-0.4, -0.2) is 48.4 Å². The van der Waals surface area contributed by atoms with Crippen LogP contribution in [-0.2, 0) is 4.74 Å². The lowest BCUT2D eigenvalue weighted by Crippen LogP contribution is -2.36. The molecule has 29 heavy (non-hydrogen) atoms. The minimum absolute atomic E-state index is 0.295. The summed E-state index contributed by atoms with van der Waals surface area (Å²) >= 11 is 0. The number of nitrogens with one attached hydrogen (secondary N) is 1. The first-order valence-electron chi connectivity index (χ1n) is 9.24. The van der Waals surface area contributed by atoms with Crippen molar-refractivity contribution >= 4 is 17.3 Å². The first-order chi connectivity index (χ1) is 14.3. The summed E-state index contributed by atoms with van der Waals surface area (Å²) in [5.41, 5.74) is 3.80. The number of ether oxygens (including phenoxy) is 2. The second-order valence-electron chi connectivity index (χ2n) is 6.43. The molecule has 3 aromatic rings. The van der Waals surface area contributed by atoms with Gasteiger partial charge >= 0.3 is 0 Å². The maximum absolute atomic E-state index is 9.26. The molecule has 2 aromatic heterocycles. The van der Waals surface area contributed by atoms with Crippen molar-refractivity contribution < 1.29 is 9.47 Å². The normalized spacial score (nSPS) is 13.6. The zero-order chi connectivity index (χ0) is 20.1. The summed E-state index contributed by atoms with van der Waals surface area (Å²) in [5, 5.41) is 12.5. The Morgan fingerprint density at radius 3 is 2.66 bits per heavy atom. The molecule has 0 unspecified atom stereocenters. The average Bonchev–Trinajstić information content (AvgIpc) is 2.80. The number of pyridine rings is 1. The molecule has 0 spiro atoms. The first kappa shape index (κ1) is 18.7. The first-order valence-corrected chi connectivity index (χ1v) is 9.24. The van der Waals surface area contributed by atoms with Gasteiger partial charge in [-0.2, -0.15) is 5.26 Å². The molecule has 146 valence electrons. The third-order valence-corrected chi connectivity index (χ3v) is 4.62. The monoisotopic (exact) mass is 388 g/mol. The van der Waals surface area contributed by atoms with Gasteiger partial charge in [0.1, 0.15) is 11.6 Å². The van der Waals surface area contributed by atoms with Crippen LogP contribution < -0.4 is 15.0 Å². The molecule has 8 heteroatoms. The molecule has 0 aliphatic carbocycles. The van der Waals surface area contributed by atoms with E-state index in [4.69, 9.17) is 9.47 Å². The molecule has 3 heterocycles.